The molecule has 1 heterocycles. The second kappa shape index (κ2) is 4.84. The number of rotatable bonds is 2. The van der Waals surface area contributed by atoms with Gasteiger partial charge in [-0.15, -0.1) is 0 Å². The van der Waals surface area contributed by atoms with Crippen LogP contribution in [0.4, 0.5) is 0 Å². The minimum absolute atomic E-state index is 0.0109. The van der Waals surface area contributed by atoms with Gasteiger partial charge in [0, 0.05) is 12.1 Å². The van der Waals surface area contributed by atoms with Crippen LogP contribution in [-0.4, -0.2) is 18.8 Å². The van der Waals surface area contributed by atoms with Gasteiger partial charge in [0.05, 0.1) is 6.61 Å². The third-order valence-electron chi connectivity index (χ3n) is 4.54. The molecule has 0 bridgehead atoms. The molecule has 1 saturated heterocycles. The highest BCUT2D eigenvalue weighted by Gasteiger charge is 2.38. The van der Waals surface area contributed by atoms with Crippen LogP contribution in [0.1, 0.15) is 51.9 Å². The number of hydrogen-bond acceptors (Lipinski definition) is 2. The van der Waals surface area contributed by atoms with Crippen LogP contribution in [-0.2, 0) is 4.74 Å². The van der Waals surface area contributed by atoms with Gasteiger partial charge in [-0.1, -0.05) is 26.2 Å². The molecule has 0 aromatic rings. The summed E-state index contributed by atoms with van der Waals surface area (Å²) in [7, 11) is 0. The van der Waals surface area contributed by atoms with Gasteiger partial charge in [0.25, 0.3) is 0 Å². The standard InChI is InChI=1S/C13H25NO/c1-2-11-4-6-12(7-5-11)13(14)8-3-9-15-10-13/h11-12H,2-10,14H2,1H3. The Morgan fingerprint density at radius 2 is 2.00 bits per heavy atom. The summed E-state index contributed by atoms with van der Waals surface area (Å²) in [6, 6.07) is 0. The van der Waals surface area contributed by atoms with Crippen LogP contribution in [0.5, 0.6) is 0 Å². The lowest BCUT2D eigenvalue weighted by Gasteiger charge is -2.43. The Labute approximate surface area is 93.6 Å². The average Bonchev–Trinajstić information content (AvgIpc) is 2.30. The zero-order valence-electron chi connectivity index (χ0n) is 10.0. The number of hydrogen-bond donors (Lipinski definition) is 1. The molecule has 2 aliphatic rings. The molecule has 0 aromatic heterocycles. The second-order valence-corrected chi connectivity index (χ2v) is 5.52. The van der Waals surface area contributed by atoms with Crippen LogP contribution < -0.4 is 5.73 Å². The molecule has 2 N–H and O–H groups in total. The van der Waals surface area contributed by atoms with Gasteiger partial charge in [0.15, 0.2) is 0 Å². The third kappa shape index (κ3) is 2.54. The van der Waals surface area contributed by atoms with E-state index < -0.39 is 0 Å². The molecule has 1 aliphatic heterocycles. The molecule has 2 nitrogen and oxygen atoms in total. The molecule has 0 amide bonds. The largest absolute Gasteiger partial charge is 0.380 e. The van der Waals surface area contributed by atoms with Gasteiger partial charge >= 0.3 is 0 Å². The molecule has 15 heavy (non-hydrogen) atoms. The topological polar surface area (TPSA) is 35.2 Å². The molecule has 88 valence electrons. The summed E-state index contributed by atoms with van der Waals surface area (Å²) < 4.78 is 5.57. The predicted molar refractivity (Wildman–Crippen MR) is 62.7 cm³/mol. The zero-order chi connectivity index (χ0) is 10.7. The predicted octanol–water partition coefficient (Wildman–Crippen LogP) is 2.71. The van der Waals surface area contributed by atoms with E-state index in [1.165, 1.54) is 38.5 Å². The maximum atomic E-state index is 6.50. The Hall–Kier alpha value is -0.0800. The molecule has 1 aliphatic carbocycles. The van der Waals surface area contributed by atoms with E-state index in [1.807, 2.05) is 0 Å². The van der Waals surface area contributed by atoms with Crippen LogP contribution in [0, 0.1) is 11.8 Å². The van der Waals surface area contributed by atoms with Crippen LogP contribution >= 0.6 is 0 Å². The normalized spacial score (nSPS) is 42.8. The van der Waals surface area contributed by atoms with Gasteiger partial charge in [-0.2, -0.15) is 0 Å². The van der Waals surface area contributed by atoms with Gasteiger partial charge in [0.2, 0.25) is 0 Å². The Balaban J connectivity index is 1.88. The first kappa shape index (κ1) is 11.4. The average molecular weight is 211 g/mol. The first-order chi connectivity index (χ1) is 7.24. The summed E-state index contributed by atoms with van der Waals surface area (Å²) >= 11 is 0. The SMILES string of the molecule is CCC1CCC(C2(N)CCCOC2)CC1. The smallest absolute Gasteiger partial charge is 0.0648 e. The highest BCUT2D eigenvalue weighted by molar-refractivity contribution is 4.95. The highest BCUT2D eigenvalue weighted by Crippen LogP contribution is 2.38. The summed E-state index contributed by atoms with van der Waals surface area (Å²) in [5.74, 6) is 1.69. The van der Waals surface area contributed by atoms with E-state index in [9.17, 15) is 0 Å². The van der Waals surface area contributed by atoms with Crippen LogP contribution in [0.15, 0.2) is 0 Å². The molecular weight excluding hydrogens is 186 g/mol. The summed E-state index contributed by atoms with van der Waals surface area (Å²) in [5.41, 5.74) is 6.51. The van der Waals surface area contributed by atoms with Crippen molar-refractivity contribution < 1.29 is 4.74 Å². The molecule has 2 fully saturated rings. The lowest BCUT2D eigenvalue weighted by molar-refractivity contribution is -0.00152. The highest BCUT2D eigenvalue weighted by atomic mass is 16.5. The molecule has 2 rings (SSSR count). The summed E-state index contributed by atoms with van der Waals surface area (Å²) in [6.07, 6.45) is 9.12. The monoisotopic (exact) mass is 211 g/mol. The fourth-order valence-corrected chi connectivity index (χ4v) is 3.31. The fraction of sp³-hybridized carbons (Fsp3) is 1.00. The van der Waals surface area contributed by atoms with Crippen molar-refractivity contribution in [3.05, 3.63) is 0 Å². The Bertz CT molecular complexity index is 191. The minimum atomic E-state index is 0.0109. The van der Waals surface area contributed by atoms with Crippen LogP contribution in [0.2, 0.25) is 0 Å². The van der Waals surface area contributed by atoms with Gasteiger partial charge in [0.1, 0.15) is 0 Å². The maximum Gasteiger partial charge on any atom is 0.0648 e. The first-order valence-electron chi connectivity index (χ1n) is 6.61. The van der Waals surface area contributed by atoms with E-state index in [1.54, 1.807) is 0 Å². The van der Waals surface area contributed by atoms with Crippen molar-refractivity contribution in [2.45, 2.75) is 57.4 Å². The van der Waals surface area contributed by atoms with Gasteiger partial charge in [-0.25, -0.2) is 0 Å². The molecular formula is C13H25NO. The van der Waals surface area contributed by atoms with Crippen molar-refractivity contribution in [2.75, 3.05) is 13.2 Å². The van der Waals surface area contributed by atoms with E-state index in [-0.39, 0.29) is 5.54 Å². The van der Waals surface area contributed by atoms with Crippen molar-refractivity contribution in [3.8, 4) is 0 Å². The third-order valence-corrected chi connectivity index (χ3v) is 4.54. The molecule has 0 radical (unpaired) electrons. The summed E-state index contributed by atoms with van der Waals surface area (Å²) in [5, 5.41) is 0. The van der Waals surface area contributed by atoms with Gasteiger partial charge in [-0.05, 0) is 37.5 Å². The van der Waals surface area contributed by atoms with E-state index in [4.69, 9.17) is 10.5 Å². The van der Waals surface area contributed by atoms with Crippen molar-refractivity contribution >= 4 is 0 Å². The molecule has 2 heteroatoms. The van der Waals surface area contributed by atoms with E-state index in [0.717, 1.165) is 31.5 Å². The molecule has 1 unspecified atom stereocenters. The van der Waals surface area contributed by atoms with Crippen LogP contribution in [0.3, 0.4) is 0 Å². The summed E-state index contributed by atoms with van der Waals surface area (Å²) in [4.78, 5) is 0. The lowest BCUT2D eigenvalue weighted by Crippen LogP contribution is -2.54. The number of ether oxygens (including phenoxy) is 1. The van der Waals surface area contributed by atoms with E-state index >= 15 is 0 Å². The van der Waals surface area contributed by atoms with Crippen LogP contribution in [0.25, 0.3) is 0 Å². The van der Waals surface area contributed by atoms with Crippen molar-refractivity contribution in [2.24, 2.45) is 17.6 Å². The second-order valence-electron chi connectivity index (χ2n) is 5.52. The Morgan fingerprint density at radius 1 is 1.27 bits per heavy atom. The summed E-state index contributed by atoms with van der Waals surface area (Å²) in [6.45, 7) is 4.03. The van der Waals surface area contributed by atoms with Gasteiger partial charge in [-0.3, -0.25) is 0 Å². The first-order valence-corrected chi connectivity index (χ1v) is 6.61. The Morgan fingerprint density at radius 3 is 2.53 bits per heavy atom. The van der Waals surface area contributed by atoms with Gasteiger partial charge < -0.3 is 10.5 Å². The van der Waals surface area contributed by atoms with Crippen molar-refractivity contribution in [1.29, 1.82) is 0 Å². The zero-order valence-corrected chi connectivity index (χ0v) is 10.0. The molecule has 0 spiro atoms. The minimum Gasteiger partial charge on any atom is -0.380 e. The lowest BCUT2D eigenvalue weighted by atomic mass is 9.70. The molecule has 1 saturated carbocycles. The Kier molecular flexibility index (Phi) is 3.68. The molecule has 1 atom stereocenters. The molecule has 0 aromatic carbocycles. The number of nitrogens with two attached hydrogens (primary N) is 1. The van der Waals surface area contributed by atoms with E-state index in [2.05, 4.69) is 6.92 Å². The maximum absolute atomic E-state index is 6.50. The van der Waals surface area contributed by atoms with Crippen molar-refractivity contribution in [3.63, 3.8) is 0 Å². The fourth-order valence-electron chi connectivity index (χ4n) is 3.31. The van der Waals surface area contributed by atoms with Crippen molar-refractivity contribution in [1.82, 2.24) is 0 Å². The van der Waals surface area contributed by atoms with E-state index in [0.29, 0.717) is 0 Å². The quantitative estimate of drug-likeness (QED) is 0.762.